The molecule has 0 atom stereocenters. The number of fused-ring (bicyclic) bond motifs is 6. The summed E-state index contributed by atoms with van der Waals surface area (Å²) in [5, 5.41) is 12.4. The van der Waals surface area contributed by atoms with Crippen molar-refractivity contribution in [2.75, 3.05) is 0 Å². The van der Waals surface area contributed by atoms with Crippen LogP contribution >= 0.6 is 0 Å². The molecule has 0 saturated carbocycles. The van der Waals surface area contributed by atoms with E-state index in [9.17, 15) is 0 Å². The summed E-state index contributed by atoms with van der Waals surface area (Å²) in [6, 6.07) is 46.4. The van der Waals surface area contributed by atoms with Crippen molar-refractivity contribution in [1.82, 2.24) is 0 Å². The normalized spacial score (nSPS) is 11.4. The van der Waals surface area contributed by atoms with Crippen LogP contribution in [-0.4, -0.2) is 0 Å². The molecule has 7 aromatic rings. The van der Waals surface area contributed by atoms with Crippen molar-refractivity contribution in [2.45, 2.75) is 0 Å². The average molecular weight is 491 g/mol. The van der Waals surface area contributed by atoms with Crippen molar-refractivity contribution in [3.05, 3.63) is 121 Å². The first-order chi connectivity index (χ1) is 15.8. The Bertz CT molecular complexity index is 1830. The maximum atomic E-state index is 3.72. The van der Waals surface area contributed by atoms with Crippen molar-refractivity contribution in [1.29, 1.82) is 0 Å². The second kappa shape index (κ2) is 8.06. The maximum absolute atomic E-state index is 3.72. The second-order valence-electron chi connectivity index (χ2n) is 8.43. The smallest absolute Gasteiger partial charge is 0 e. The summed E-state index contributed by atoms with van der Waals surface area (Å²) >= 11 is 0. The first-order valence-electron chi connectivity index (χ1n) is 11.0. The molecule has 1 radical (unpaired) electrons. The second-order valence-corrected chi connectivity index (χ2v) is 8.43. The molecule has 0 aliphatic rings. The summed E-state index contributed by atoms with van der Waals surface area (Å²) in [7, 11) is 0. The molecule has 1 heteroatoms. The third-order valence-electron chi connectivity index (χ3n) is 6.56. The van der Waals surface area contributed by atoms with Crippen LogP contribution in [0.15, 0.2) is 109 Å². The van der Waals surface area contributed by atoms with Crippen molar-refractivity contribution in [3.8, 4) is 11.1 Å². The van der Waals surface area contributed by atoms with Crippen LogP contribution in [0.2, 0.25) is 0 Å². The van der Waals surface area contributed by atoms with E-state index in [0.29, 0.717) is 0 Å². The van der Waals surface area contributed by atoms with Crippen molar-refractivity contribution in [3.63, 3.8) is 0 Å². The van der Waals surface area contributed by atoms with Crippen LogP contribution in [0, 0.1) is 12.1 Å². The summed E-state index contributed by atoms with van der Waals surface area (Å²) in [5.41, 5.74) is 2.23. The summed E-state index contributed by atoms with van der Waals surface area (Å²) < 4.78 is 0. The Morgan fingerprint density at radius 3 is 1.82 bits per heavy atom. The minimum atomic E-state index is 0. The average Bonchev–Trinajstić information content (AvgIpc) is 2.85. The number of hydrogen-bond donors (Lipinski definition) is 0. The van der Waals surface area contributed by atoms with Crippen molar-refractivity contribution < 1.29 is 32.7 Å². The van der Waals surface area contributed by atoms with Crippen LogP contribution < -0.4 is 0 Å². The third-order valence-corrected chi connectivity index (χ3v) is 6.56. The molecule has 0 aromatic heterocycles. The Hall–Kier alpha value is -3.06. The third kappa shape index (κ3) is 3.29. The van der Waals surface area contributed by atoms with Gasteiger partial charge in [-0.1, -0.05) is 89.6 Å². The van der Waals surface area contributed by atoms with Gasteiger partial charge in [0.1, 0.15) is 0 Å². The quantitative estimate of drug-likeness (QED) is 0.122. The van der Waals surface area contributed by atoms with E-state index in [0.717, 1.165) is 16.5 Å². The van der Waals surface area contributed by atoms with Crippen LogP contribution in [-0.2, 0) is 32.7 Å². The van der Waals surface area contributed by atoms with Gasteiger partial charge in [-0.2, -0.15) is 23.8 Å². The van der Waals surface area contributed by atoms with Gasteiger partial charge in [-0.15, -0.1) is 33.7 Å². The van der Waals surface area contributed by atoms with Gasteiger partial charge in [0, 0.05) is 32.7 Å². The fourth-order valence-corrected chi connectivity index (χ4v) is 5.03. The van der Waals surface area contributed by atoms with Gasteiger partial charge in [0.2, 0.25) is 0 Å². The molecule has 0 bridgehead atoms. The van der Waals surface area contributed by atoms with Crippen molar-refractivity contribution in [2.24, 2.45) is 0 Å². The molecule has 0 spiro atoms. The first kappa shape index (κ1) is 20.5. The molecule has 33 heavy (non-hydrogen) atoms. The van der Waals surface area contributed by atoms with Gasteiger partial charge in [0.15, 0.2) is 0 Å². The van der Waals surface area contributed by atoms with Crippen molar-refractivity contribution >= 4 is 53.9 Å². The topological polar surface area (TPSA) is 0 Å². The van der Waals surface area contributed by atoms with E-state index in [4.69, 9.17) is 0 Å². The number of rotatable bonds is 1. The molecule has 7 aromatic carbocycles. The van der Waals surface area contributed by atoms with E-state index in [1.54, 1.807) is 0 Å². The van der Waals surface area contributed by atoms with Gasteiger partial charge in [0.25, 0.3) is 0 Å². The maximum Gasteiger partial charge on any atom is 0 e. The van der Waals surface area contributed by atoms with E-state index in [1.165, 1.54) is 48.5 Å². The Morgan fingerprint density at radius 2 is 1.03 bits per heavy atom. The molecule has 0 unspecified atom stereocenters. The molecule has 0 fully saturated rings. The van der Waals surface area contributed by atoms with Crippen LogP contribution in [0.3, 0.4) is 0 Å². The molecular formula is C32H18Y-2. The Morgan fingerprint density at radius 1 is 0.424 bits per heavy atom. The Labute approximate surface area is 217 Å². The zero-order chi connectivity index (χ0) is 21.1. The fourth-order valence-electron chi connectivity index (χ4n) is 5.03. The van der Waals surface area contributed by atoms with E-state index in [-0.39, 0.29) is 32.7 Å². The molecular weight excluding hydrogens is 473 g/mol. The standard InChI is InChI=1S/C32H18.Y/c1-2-9-22-17-26-20-31-23(18-25(26)16-21(22)8-1)11-7-15-30(31)32-19-24-10-3-4-12-27(24)28-13-5-6-14-29(28)32;/h1-14,16-18,20H;/q-2;. The van der Waals surface area contributed by atoms with E-state index in [1.807, 2.05) is 6.07 Å². The van der Waals surface area contributed by atoms with Gasteiger partial charge < -0.3 is 0 Å². The SMILES string of the molecule is [Y].[c-]1ccc2cc3cc4ccccc4cc3cc2c1-c1[c-]c2ccccc2c2ccccc12. The molecule has 151 valence electrons. The predicted molar refractivity (Wildman–Crippen MR) is 137 cm³/mol. The van der Waals surface area contributed by atoms with Gasteiger partial charge in [0.05, 0.1) is 0 Å². The monoisotopic (exact) mass is 491 g/mol. The number of benzene rings is 7. The molecule has 0 amide bonds. The van der Waals surface area contributed by atoms with E-state index < -0.39 is 0 Å². The minimum Gasteiger partial charge on any atom is -0.201 e. The van der Waals surface area contributed by atoms with Gasteiger partial charge in [-0.05, 0) is 33.7 Å². The van der Waals surface area contributed by atoms with Crippen LogP contribution in [0.1, 0.15) is 0 Å². The number of hydrogen-bond acceptors (Lipinski definition) is 0. The molecule has 0 aliphatic heterocycles. The van der Waals surface area contributed by atoms with Gasteiger partial charge in [-0.3, -0.25) is 0 Å². The van der Waals surface area contributed by atoms with Gasteiger partial charge in [-0.25, -0.2) is 5.56 Å². The van der Waals surface area contributed by atoms with E-state index in [2.05, 4.69) is 115 Å². The zero-order valence-corrected chi connectivity index (χ0v) is 20.8. The van der Waals surface area contributed by atoms with E-state index >= 15 is 0 Å². The molecule has 0 saturated heterocycles. The predicted octanol–water partition coefficient (Wildman–Crippen LogP) is 8.72. The minimum absolute atomic E-state index is 0. The molecule has 7 rings (SSSR count). The largest absolute Gasteiger partial charge is 0.201 e. The zero-order valence-electron chi connectivity index (χ0n) is 18.0. The van der Waals surface area contributed by atoms with Crippen LogP contribution in [0.25, 0.3) is 65.0 Å². The first-order valence-corrected chi connectivity index (χ1v) is 11.0. The molecule has 0 nitrogen and oxygen atoms in total. The molecule has 0 aliphatic carbocycles. The van der Waals surface area contributed by atoms with Crippen LogP contribution in [0.4, 0.5) is 0 Å². The van der Waals surface area contributed by atoms with Gasteiger partial charge >= 0.3 is 0 Å². The Balaban J connectivity index is 0.00000206. The summed E-state index contributed by atoms with van der Waals surface area (Å²) in [6.45, 7) is 0. The summed E-state index contributed by atoms with van der Waals surface area (Å²) in [5.74, 6) is 0. The summed E-state index contributed by atoms with van der Waals surface area (Å²) in [4.78, 5) is 0. The fraction of sp³-hybridized carbons (Fsp3) is 0. The molecule has 0 N–H and O–H groups in total. The summed E-state index contributed by atoms with van der Waals surface area (Å²) in [6.07, 6.45) is 0. The van der Waals surface area contributed by atoms with Crippen LogP contribution in [0.5, 0.6) is 0 Å². The Kier molecular flexibility index (Phi) is 5.02. The molecule has 0 heterocycles.